The van der Waals surface area contributed by atoms with Gasteiger partial charge in [0.2, 0.25) is 0 Å². The molecule has 0 radical (unpaired) electrons. The number of hydrogen-bond donors (Lipinski definition) is 0. The van der Waals surface area contributed by atoms with Gasteiger partial charge >= 0.3 is 6.08 Å². The van der Waals surface area contributed by atoms with Crippen LogP contribution in [0.15, 0.2) is 46.7 Å². The van der Waals surface area contributed by atoms with Crippen molar-refractivity contribution in [3.05, 3.63) is 63.0 Å². The number of allylic oxidation sites excluding steroid dienone is 1. The minimum atomic E-state index is -2.41. The Hall–Kier alpha value is -1.71. The van der Waals surface area contributed by atoms with Crippen LogP contribution in [0.1, 0.15) is 16.9 Å². The van der Waals surface area contributed by atoms with Gasteiger partial charge in [0.1, 0.15) is 4.88 Å². The smallest absolute Gasteiger partial charge is 0.301 e. The van der Waals surface area contributed by atoms with Gasteiger partial charge in [0, 0.05) is 22.8 Å². The number of halogens is 4. The molecule has 1 aromatic heterocycles. The van der Waals surface area contributed by atoms with Gasteiger partial charge in [-0.3, -0.25) is 4.21 Å². The highest BCUT2D eigenvalue weighted by molar-refractivity contribution is 7.87. The number of rotatable bonds is 7. The fraction of sp³-hybridized carbons (Fsp3) is 0.200. The summed E-state index contributed by atoms with van der Waals surface area (Å²) in [6.45, 7) is 0.0965. The number of hydroxylamine groups is 1. The summed E-state index contributed by atoms with van der Waals surface area (Å²) in [5.41, 5.74) is 0.763. The Kier molecular flexibility index (Phi) is 7.15. The summed E-state index contributed by atoms with van der Waals surface area (Å²) in [6, 6.07) is 6.79. The van der Waals surface area contributed by atoms with E-state index in [0.717, 1.165) is 16.9 Å². The van der Waals surface area contributed by atoms with Gasteiger partial charge < -0.3 is 5.21 Å². The fourth-order valence-electron chi connectivity index (χ4n) is 1.76. The predicted molar refractivity (Wildman–Crippen MR) is 92.3 cm³/mol. The van der Waals surface area contributed by atoms with Crippen LogP contribution in [0.5, 0.6) is 0 Å². The molecule has 0 aliphatic heterocycles. The quantitative estimate of drug-likeness (QED) is 0.293. The Balaban J connectivity index is 1.98. The van der Waals surface area contributed by atoms with Crippen molar-refractivity contribution in [2.75, 3.05) is 5.75 Å². The molecule has 25 heavy (non-hydrogen) atoms. The van der Waals surface area contributed by atoms with E-state index in [-0.39, 0.29) is 16.6 Å². The molecule has 0 amide bonds. The minimum absolute atomic E-state index is 0.0965. The second-order valence-electron chi connectivity index (χ2n) is 4.82. The molecule has 1 unspecified atom stereocenters. The lowest BCUT2D eigenvalue weighted by Gasteiger charge is -2.03. The molecule has 1 heterocycles. The number of aromatic nitrogens is 1. The second-order valence-corrected chi connectivity index (χ2v) is 8.07. The van der Waals surface area contributed by atoms with Crippen molar-refractivity contribution >= 4 is 40.0 Å². The maximum atomic E-state index is 12.7. The molecule has 2 rings (SSSR count). The summed E-state index contributed by atoms with van der Waals surface area (Å²) < 4.78 is 49.4. The molecule has 4 nitrogen and oxygen atoms in total. The lowest BCUT2D eigenvalue weighted by molar-refractivity contribution is -0.469. The maximum Gasteiger partial charge on any atom is 0.301 e. The van der Waals surface area contributed by atoms with Crippen molar-refractivity contribution in [2.45, 2.75) is 17.3 Å². The largest absolute Gasteiger partial charge is 0.624 e. The number of nitrogens with zero attached hydrogens (tertiary/aromatic N) is 2. The highest BCUT2D eigenvalue weighted by Gasteiger charge is 2.13. The van der Waals surface area contributed by atoms with Crippen molar-refractivity contribution < 1.29 is 22.1 Å². The first-order chi connectivity index (χ1) is 11.8. The molecule has 0 N–H and O–H groups in total. The van der Waals surface area contributed by atoms with Crippen LogP contribution in [0.3, 0.4) is 0 Å². The third-order valence-electron chi connectivity index (χ3n) is 2.93. The van der Waals surface area contributed by atoms with Crippen molar-refractivity contribution in [3.63, 3.8) is 0 Å². The molecule has 0 fully saturated rings. The first-order valence-corrected chi connectivity index (χ1v) is 9.43. The van der Waals surface area contributed by atoms with E-state index in [4.69, 9.17) is 11.6 Å². The molecule has 0 bridgehead atoms. The molecule has 2 aromatic rings. The first-order valence-electron chi connectivity index (χ1n) is 6.92. The van der Waals surface area contributed by atoms with Crippen molar-refractivity contribution in [3.8, 4) is 0 Å². The van der Waals surface area contributed by atoms with E-state index < -0.39 is 29.1 Å². The Morgan fingerprint density at radius 1 is 1.32 bits per heavy atom. The van der Waals surface area contributed by atoms with Crippen LogP contribution in [0, 0.1) is 5.21 Å². The molecule has 0 saturated heterocycles. The maximum absolute atomic E-state index is 12.7. The zero-order valence-electron chi connectivity index (χ0n) is 12.6. The molecule has 0 aliphatic carbocycles. The summed E-state index contributed by atoms with van der Waals surface area (Å²) in [4.78, 5) is 4.35. The van der Waals surface area contributed by atoms with Crippen LogP contribution in [-0.2, 0) is 17.3 Å². The van der Waals surface area contributed by atoms with Crippen molar-refractivity contribution in [1.29, 1.82) is 0 Å². The predicted octanol–water partition coefficient (Wildman–Crippen LogP) is 4.50. The van der Waals surface area contributed by atoms with E-state index in [9.17, 15) is 22.6 Å². The molecule has 1 aromatic carbocycles. The standard InChI is InChI=1S/C15H12ClF3N2O2S2/c16-11-3-1-10(2-4-11)8-21(22)9-12-7-20-15(24-12)25(23)6-5-13(17)14(18)19/h1-4,7,9H,5-6,8H2/b21-9-. The summed E-state index contributed by atoms with van der Waals surface area (Å²) in [7, 11) is -1.71. The van der Waals surface area contributed by atoms with Gasteiger partial charge in [-0.05, 0) is 12.1 Å². The van der Waals surface area contributed by atoms with Crippen molar-refractivity contribution in [1.82, 2.24) is 4.98 Å². The SMILES string of the molecule is O=S(CCC(F)=C(F)F)c1ncc(/C=[N+](\[O-])Cc2ccc(Cl)cc2)s1. The molecule has 0 spiro atoms. The van der Waals surface area contributed by atoms with Gasteiger partial charge in [-0.15, -0.1) is 0 Å². The lowest BCUT2D eigenvalue weighted by Crippen LogP contribution is -2.04. The van der Waals surface area contributed by atoms with E-state index in [1.54, 1.807) is 24.3 Å². The topological polar surface area (TPSA) is 56.0 Å². The van der Waals surface area contributed by atoms with Gasteiger partial charge in [0.25, 0.3) is 0 Å². The third-order valence-corrected chi connectivity index (χ3v) is 5.79. The number of hydrogen-bond acceptors (Lipinski definition) is 4. The zero-order chi connectivity index (χ0) is 18.4. The van der Waals surface area contributed by atoms with E-state index in [0.29, 0.717) is 14.6 Å². The molecular formula is C15H12ClF3N2O2S2. The van der Waals surface area contributed by atoms with Crippen LogP contribution in [0.4, 0.5) is 13.2 Å². The Labute approximate surface area is 153 Å². The van der Waals surface area contributed by atoms with E-state index >= 15 is 0 Å². The molecule has 0 aliphatic rings. The average molecular weight is 409 g/mol. The highest BCUT2D eigenvalue weighted by Crippen LogP contribution is 2.19. The van der Waals surface area contributed by atoms with E-state index in [1.165, 1.54) is 12.4 Å². The second kappa shape index (κ2) is 9.12. The average Bonchev–Trinajstić information content (AvgIpc) is 3.02. The van der Waals surface area contributed by atoms with Crippen LogP contribution < -0.4 is 0 Å². The summed E-state index contributed by atoms with van der Waals surface area (Å²) in [5, 5.41) is 12.5. The Bertz CT molecular complexity index is 818. The first kappa shape index (κ1) is 19.6. The zero-order valence-corrected chi connectivity index (χ0v) is 15.0. The van der Waals surface area contributed by atoms with Crippen LogP contribution in [-0.4, -0.2) is 25.9 Å². The molecular weight excluding hydrogens is 397 g/mol. The monoisotopic (exact) mass is 408 g/mol. The van der Waals surface area contributed by atoms with E-state index in [2.05, 4.69) is 4.98 Å². The summed E-state index contributed by atoms with van der Waals surface area (Å²) in [6.07, 6.45) is -0.395. The Morgan fingerprint density at radius 3 is 2.64 bits per heavy atom. The van der Waals surface area contributed by atoms with Crippen molar-refractivity contribution in [2.24, 2.45) is 0 Å². The summed E-state index contributed by atoms with van der Waals surface area (Å²) in [5.74, 6) is -1.88. The van der Waals surface area contributed by atoms with Crippen LogP contribution in [0.25, 0.3) is 0 Å². The minimum Gasteiger partial charge on any atom is -0.624 e. The number of benzene rings is 1. The van der Waals surface area contributed by atoms with Crippen LogP contribution >= 0.6 is 22.9 Å². The van der Waals surface area contributed by atoms with Gasteiger partial charge in [-0.2, -0.15) is 8.78 Å². The normalized spacial score (nSPS) is 12.9. The lowest BCUT2D eigenvalue weighted by atomic mass is 10.2. The van der Waals surface area contributed by atoms with Gasteiger partial charge in [0.15, 0.2) is 22.9 Å². The fourth-order valence-corrected chi connectivity index (χ4v) is 4.08. The molecule has 10 heteroatoms. The molecule has 1 atom stereocenters. The molecule has 0 saturated carbocycles. The molecule has 134 valence electrons. The summed E-state index contributed by atoms with van der Waals surface area (Å²) >= 11 is 6.76. The van der Waals surface area contributed by atoms with Crippen LogP contribution in [0.2, 0.25) is 5.02 Å². The van der Waals surface area contributed by atoms with Gasteiger partial charge in [-0.1, -0.05) is 35.1 Å². The van der Waals surface area contributed by atoms with Gasteiger partial charge in [-0.25, -0.2) is 14.1 Å². The highest BCUT2D eigenvalue weighted by atomic mass is 35.5. The van der Waals surface area contributed by atoms with Gasteiger partial charge in [0.05, 0.1) is 17.0 Å². The number of thiazole rings is 1. The third kappa shape index (κ3) is 6.26. The van der Waals surface area contributed by atoms with E-state index in [1.807, 2.05) is 0 Å². The Morgan fingerprint density at radius 2 is 2.00 bits per heavy atom.